The molecule has 0 N–H and O–H groups in total. The van der Waals surface area contributed by atoms with Gasteiger partial charge in [-0.1, -0.05) is 24.3 Å². The monoisotopic (exact) mass is 388 g/mol. The average Bonchev–Trinajstić information content (AvgIpc) is 2.66. The zero-order chi connectivity index (χ0) is 20.6. The van der Waals surface area contributed by atoms with Crippen molar-refractivity contribution in [1.29, 1.82) is 5.26 Å². The topological polar surface area (TPSA) is 53.3 Å². The van der Waals surface area contributed by atoms with E-state index in [9.17, 15) is 18.0 Å². The number of alkyl halides is 3. The van der Waals surface area contributed by atoms with Crippen LogP contribution >= 0.6 is 0 Å². The smallest absolute Gasteiger partial charge is 0.406 e. The Kier molecular flexibility index (Phi) is 7.21. The van der Waals surface area contributed by atoms with E-state index in [1.54, 1.807) is 24.3 Å². The van der Waals surface area contributed by atoms with Gasteiger partial charge >= 0.3 is 6.18 Å². The maximum atomic E-state index is 12.9. The van der Waals surface area contributed by atoms with E-state index in [1.807, 2.05) is 13.0 Å². The molecule has 0 aliphatic rings. The Balaban J connectivity index is 2.12. The van der Waals surface area contributed by atoms with Crippen molar-refractivity contribution in [2.45, 2.75) is 19.6 Å². The summed E-state index contributed by atoms with van der Waals surface area (Å²) in [6, 6.07) is 14.9. The van der Waals surface area contributed by atoms with Crippen molar-refractivity contribution in [3.05, 3.63) is 71.3 Å². The first kappa shape index (κ1) is 21.0. The lowest BCUT2D eigenvalue weighted by Crippen LogP contribution is -2.37. The number of rotatable bonds is 7. The Morgan fingerprint density at radius 3 is 2.32 bits per heavy atom. The third kappa shape index (κ3) is 6.80. The van der Waals surface area contributed by atoms with Crippen molar-refractivity contribution in [1.82, 2.24) is 4.90 Å². The summed E-state index contributed by atoms with van der Waals surface area (Å²) in [5.74, 6) is -0.0824. The summed E-state index contributed by atoms with van der Waals surface area (Å²) in [5, 5.41) is 8.80. The molecule has 4 nitrogen and oxygen atoms in total. The molecule has 1 amide bonds. The van der Waals surface area contributed by atoms with Gasteiger partial charge in [-0.25, -0.2) is 0 Å². The second kappa shape index (κ2) is 9.60. The molecule has 2 aromatic carbocycles. The van der Waals surface area contributed by atoms with Gasteiger partial charge in [-0.3, -0.25) is 4.79 Å². The first-order valence-electron chi connectivity index (χ1n) is 8.56. The van der Waals surface area contributed by atoms with Crippen molar-refractivity contribution < 1.29 is 22.7 Å². The van der Waals surface area contributed by atoms with E-state index in [4.69, 9.17) is 10.00 Å². The number of benzene rings is 2. The SMILES string of the molecule is CCOc1ccc(C=CC(=O)N(Cc2ccc(C#N)cc2)CC(F)(F)F)cc1. The number of hydrogen-bond donors (Lipinski definition) is 0. The Morgan fingerprint density at radius 1 is 1.14 bits per heavy atom. The molecule has 0 atom stereocenters. The summed E-state index contributed by atoms with van der Waals surface area (Å²) in [6.07, 6.45) is -1.94. The predicted octanol–water partition coefficient (Wildman–Crippen LogP) is 4.56. The van der Waals surface area contributed by atoms with Crippen LogP contribution in [0.1, 0.15) is 23.6 Å². The zero-order valence-electron chi connectivity index (χ0n) is 15.2. The molecule has 0 aromatic heterocycles. The Morgan fingerprint density at radius 2 is 1.79 bits per heavy atom. The van der Waals surface area contributed by atoms with E-state index in [-0.39, 0.29) is 6.54 Å². The summed E-state index contributed by atoms with van der Waals surface area (Å²) >= 11 is 0. The van der Waals surface area contributed by atoms with Gasteiger partial charge < -0.3 is 9.64 Å². The lowest BCUT2D eigenvalue weighted by atomic mass is 10.1. The van der Waals surface area contributed by atoms with Crippen LogP contribution in [0.25, 0.3) is 6.08 Å². The van der Waals surface area contributed by atoms with Crippen molar-refractivity contribution in [2.75, 3.05) is 13.2 Å². The van der Waals surface area contributed by atoms with Crippen LogP contribution in [0.15, 0.2) is 54.6 Å². The maximum absolute atomic E-state index is 12.9. The first-order valence-corrected chi connectivity index (χ1v) is 8.56. The second-order valence-electron chi connectivity index (χ2n) is 5.95. The van der Waals surface area contributed by atoms with Gasteiger partial charge in [-0.05, 0) is 48.4 Å². The standard InChI is InChI=1S/C21H19F3N2O2/c1-2-28-19-10-7-16(8-11-19)9-12-20(27)26(15-21(22,23)24)14-18-5-3-17(13-25)4-6-18/h3-12H,2,14-15H2,1H3. The number of nitrogens with zero attached hydrogens (tertiary/aromatic N) is 2. The van der Waals surface area contributed by atoms with Crippen LogP contribution in [-0.4, -0.2) is 30.1 Å². The van der Waals surface area contributed by atoms with Gasteiger partial charge in [0.05, 0.1) is 18.2 Å². The van der Waals surface area contributed by atoms with Crippen LogP contribution in [0, 0.1) is 11.3 Å². The summed E-state index contributed by atoms with van der Waals surface area (Å²) < 4.78 is 44.0. The number of hydrogen-bond acceptors (Lipinski definition) is 3. The van der Waals surface area contributed by atoms with Gasteiger partial charge in [0.2, 0.25) is 5.91 Å². The molecule has 0 bridgehead atoms. The molecule has 2 aromatic rings. The third-order valence-corrected chi connectivity index (χ3v) is 3.75. The van der Waals surface area contributed by atoms with Crippen LogP contribution in [0.2, 0.25) is 0 Å². The third-order valence-electron chi connectivity index (χ3n) is 3.75. The minimum atomic E-state index is -4.52. The van der Waals surface area contributed by atoms with E-state index < -0.39 is 18.6 Å². The summed E-state index contributed by atoms with van der Waals surface area (Å²) in [5.41, 5.74) is 1.57. The molecule has 0 saturated carbocycles. The molecule has 7 heteroatoms. The van der Waals surface area contributed by atoms with Gasteiger partial charge in [0.25, 0.3) is 0 Å². The normalized spacial score (nSPS) is 11.2. The fourth-order valence-corrected chi connectivity index (χ4v) is 2.45. The largest absolute Gasteiger partial charge is 0.494 e. The highest BCUT2D eigenvalue weighted by Crippen LogP contribution is 2.19. The number of carbonyl (C=O) groups is 1. The van der Waals surface area contributed by atoms with Crippen molar-refractivity contribution in [3.63, 3.8) is 0 Å². The molecule has 28 heavy (non-hydrogen) atoms. The van der Waals surface area contributed by atoms with Crippen molar-refractivity contribution in [2.24, 2.45) is 0 Å². The van der Waals surface area contributed by atoms with Gasteiger partial charge in [0.1, 0.15) is 12.3 Å². The Labute approximate surface area is 161 Å². The summed E-state index contributed by atoms with van der Waals surface area (Å²) in [7, 11) is 0. The van der Waals surface area contributed by atoms with E-state index in [2.05, 4.69) is 0 Å². The number of halogens is 3. The number of amides is 1. The van der Waals surface area contributed by atoms with Gasteiger partial charge in [0, 0.05) is 12.6 Å². The molecular weight excluding hydrogens is 369 g/mol. The molecule has 146 valence electrons. The van der Waals surface area contributed by atoms with Gasteiger partial charge in [-0.15, -0.1) is 0 Å². The lowest BCUT2D eigenvalue weighted by Gasteiger charge is -2.23. The highest BCUT2D eigenvalue weighted by Gasteiger charge is 2.32. The minimum Gasteiger partial charge on any atom is -0.494 e. The van der Waals surface area contributed by atoms with Crippen LogP contribution < -0.4 is 4.74 Å². The zero-order valence-corrected chi connectivity index (χ0v) is 15.2. The Hall–Kier alpha value is -3.27. The molecule has 0 spiro atoms. The number of ether oxygens (including phenoxy) is 1. The van der Waals surface area contributed by atoms with E-state index in [0.29, 0.717) is 33.9 Å². The first-order chi connectivity index (χ1) is 13.3. The highest BCUT2D eigenvalue weighted by molar-refractivity contribution is 5.91. The number of nitriles is 1. The molecule has 0 radical (unpaired) electrons. The lowest BCUT2D eigenvalue weighted by molar-refractivity contribution is -0.159. The predicted molar refractivity (Wildman–Crippen MR) is 99.3 cm³/mol. The molecule has 2 rings (SSSR count). The van der Waals surface area contributed by atoms with Crippen LogP contribution in [0.3, 0.4) is 0 Å². The van der Waals surface area contributed by atoms with Crippen LogP contribution in [0.5, 0.6) is 5.75 Å². The minimum absolute atomic E-state index is 0.211. The molecule has 0 aliphatic carbocycles. The highest BCUT2D eigenvalue weighted by atomic mass is 19.4. The van der Waals surface area contributed by atoms with E-state index in [0.717, 1.165) is 6.08 Å². The molecule has 0 aliphatic heterocycles. The van der Waals surface area contributed by atoms with Gasteiger partial charge in [-0.2, -0.15) is 18.4 Å². The molecule has 0 unspecified atom stereocenters. The fourth-order valence-electron chi connectivity index (χ4n) is 2.45. The molecule has 0 heterocycles. The van der Waals surface area contributed by atoms with E-state index in [1.165, 1.54) is 30.3 Å². The number of carbonyl (C=O) groups excluding carboxylic acids is 1. The van der Waals surface area contributed by atoms with Crippen LogP contribution in [-0.2, 0) is 11.3 Å². The quantitative estimate of drug-likeness (QED) is 0.654. The average molecular weight is 388 g/mol. The molecular formula is C21H19F3N2O2. The van der Waals surface area contributed by atoms with E-state index >= 15 is 0 Å². The molecule has 0 saturated heterocycles. The Bertz CT molecular complexity index is 851. The second-order valence-corrected chi connectivity index (χ2v) is 5.95. The van der Waals surface area contributed by atoms with Crippen molar-refractivity contribution >= 4 is 12.0 Å². The summed E-state index contributed by atoms with van der Waals surface area (Å²) in [6.45, 7) is 0.808. The van der Waals surface area contributed by atoms with Crippen LogP contribution in [0.4, 0.5) is 13.2 Å². The van der Waals surface area contributed by atoms with Gasteiger partial charge in [0.15, 0.2) is 0 Å². The van der Waals surface area contributed by atoms with Crippen molar-refractivity contribution in [3.8, 4) is 11.8 Å². The summed E-state index contributed by atoms with van der Waals surface area (Å²) in [4.78, 5) is 13.1. The maximum Gasteiger partial charge on any atom is 0.406 e. The fraction of sp³-hybridized carbons (Fsp3) is 0.238. The molecule has 0 fully saturated rings.